The molecule has 0 heterocycles. The van der Waals surface area contributed by atoms with Crippen LogP contribution in [0.1, 0.15) is 52.9 Å². The van der Waals surface area contributed by atoms with Crippen LogP contribution in [-0.4, -0.2) is 18.6 Å². The van der Waals surface area contributed by atoms with Crippen molar-refractivity contribution in [2.45, 2.75) is 65.0 Å². The molecule has 7 atom stereocenters. The molecular weight excluding hydrogens is 244 g/mol. The lowest BCUT2D eigenvalue weighted by Gasteiger charge is -2.47. The lowest BCUT2D eigenvalue weighted by atomic mass is 9.61. The fourth-order valence-corrected chi connectivity index (χ4v) is 6.18. The van der Waals surface area contributed by atoms with Crippen LogP contribution in [0.4, 0.5) is 0 Å². The topological polar surface area (TPSA) is 38.0 Å². The van der Waals surface area contributed by atoms with Gasteiger partial charge in [-0.25, -0.2) is 0 Å². The van der Waals surface area contributed by atoms with Crippen molar-refractivity contribution in [3.8, 4) is 0 Å². The molecule has 4 rings (SSSR count). The summed E-state index contributed by atoms with van der Waals surface area (Å²) in [6.45, 7) is 8.49. The van der Waals surface area contributed by atoms with Gasteiger partial charge in [-0.3, -0.25) is 0 Å². The van der Waals surface area contributed by atoms with Gasteiger partial charge in [0.25, 0.3) is 0 Å². The van der Waals surface area contributed by atoms with Crippen molar-refractivity contribution in [3.05, 3.63) is 0 Å². The lowest BCUT2D eigenvalue weighted by molar-refractivity contribution is 0.0532. The molecule has 0 amide bonds. The maximum Gasteiger partial charge on any atom is 0.0136 e. The van der Waals surface area contributed by atoms with Crippen molar-refractivity contribution in [1.29, 1.82) is 0 Å². The van der Waals surface area contributed by atoms with Crippen LogP contribution in [0, 0.1) is 40.9 Å². The summed E-state index contributed by atoms with van der Waals surface area (Å²) in [5.41, 5.74) is 6.68. The van der Waals surface area contributed by atoms with Crippen LogP contribution < -0.4 is 11.1 Å². The third-order valence-corrected chi connectivity index (χ3v) is 8.05. The number of rotatable bonds is 3. The van der Waals surface area contributed by atoms with E-state index in [1.165, 1.54) is 32.2 Å². The fraction of sp³-hybridized carbons (Fsp3) is 1.00. The Balaban J connectivity index is 1.34. The Bertz CT molecular complexity index is 375. The monoisotopic (exact) mass is 276 g/mol. The van der Waals surface area contributed by atoms with E-state index in [1.54, 1.807) is 6.42 Å². The maximum atomic E-state index is 6.28. The van der Waals surface area contributed by atoms with Gasteiger partial charge in [-0.1, -0.05) is 20.8 Å². The summed E-state index contributed by atoms with van der Waals surface area (Å²) in [4.78, 5) is 0. The molecule has 7 unspecified atom stereocenters. The van der Waals surface area contributed by atoms with Gasteiger partial charge in [0.05, 0.1) is 0 Å². The van der Waals surface area contributed by atoms with Crippen molar-refractivity contribution in [2.75, 3.05) is 6.54 Å². The van der Waals surface area contributed by atoms with E-state index in [4.69, 9.17) is 5.73 Å². The molecule has 2 nitrogen and oxygen atoms in total. The van der Waals surface area contributed by atoms with E-state index in [1.807, 2.05) is 0 Å². The zero-order chi connectivity index (χ0) is 14.1. The lowest BCUT2D eigenvalue weighted by Crippen LogP contribution is -2.49. The number of hydrogen-bond acceptors (Lipinski definition) is 2. The Morgan fingerprint density at radius 3 is 2.35 bits per heavy atom. The minimum atomic E-state index is 0.396. The number of hydrogen-bond donors (Lipinski definition) is 2. The van der Waals surface area contributed by atoms with Crippen LogP contribution >= 0.6 is 0 Å². The fourth-order valence-electron chi connectivity index (χ4n) is 6.18. The van der Waals surface area contributed by atoms with Gasteiger partial charge >= 0.3 is 0 Å². The van der Waals surface area contributed by atoms with E-state index in [9.17, 15) is 0 Å². The largest absolute Gasteiger partial charge is 0.327 e. The van der Waals surface area contributed by atoms with E-state index >= 15 is 0 Å². The van der Waals surface area contributed by atoms with Crippen molar-refractivity contribution in [1.82, 2.24) is 5.32 Å². The zero-order valence-corrected chi connectivity index (χ0v) is 13.4. The highest BCUT2D eigenvalue weighted by atomic mass is 15.0. The summed E-state index contributed by atoms with van der Waals surface area (Å²) in [5.74, 6) is 5.79. The molecule has 0 aromatic carbocycles. The zero-order valence-electron chi connectivity index (χ0n) is 13.4. The minimum Gasteiger partial charge on any atom is -0.327 e. The Labute approximate surface area is 124 Å². The third kappa shape index (κ3) is 1.83. The number of fused-ring (bicyclic) bond motifs is 5. The molecule has 0 aliphatic heterocycles. The van der Waals surface area contributed by atoms with E-state index in [2.05, 4.69) is 26.1 Å². The molecule has 20 heavy (non-hydrogen) atoms. The van der Waals surface area contributed by atoms with Crippen LogP contribution in [0.25, 0.3) is 0 Å². The van der Waals surface area contributed by atoms with Crippen LogP contribution in [0.2, 0.25) is 0 Å². The summed E-state index contributed by atoms with van der Waals surface area (Å²) in [7, 11) is 0. The third-order valence-electron chi connectivity index (χ3n) is 8.05. The van der Waals surface area contributed by atoms with Gasteiger partial charge in [0.2, 0.25) is 0 Å². The normalized spacial score (nSPS) is 55.8. The molecule has 3 N–H and O–H groups in total. The molecule has 114 valence electrons. The standard InChI is InChI=1S/C18H32N2/c1-10-14(19)7-6-13(18(10,2)3)9-20-17-15-11-4-5-12(8-11)16(15)17/h10-17,20H,4-9,19H2,1-3H3. The van der Waals surface area contributed by atoms with E-state index in [0.717, 1.165) is 35.6 Å². The smallest absolute Gasteiger partial charge is 0.0136 e. The molecular formula is C18H32N2. The first-order valence-electron chi connectivity index (χ1n) is 8.99. The first kappa shape index (κ1) is 13.6. The highest BCUT2D eigenvalue weighted by Gasteiger charge is 2.64. The maximum absolute atomic E-state index is 6.28. The van der Waals surface area contributed by atoms with Crippen LogP contribution in [0.15, 0.2) is 0 Å². The van der Waals surface area contributed by atoms with Crippen molar-refractivity contribution >= 4 is 0 Å². The number of nitrogens with two attached hydrogens (primary N) is 1. The highest BCUT2D eigenvalue weighted by Crippen LogP contribution is 2.65. The van der Waals surface area contributed by atoms with Gasteiger partial charge < -0.3 is 11.1 Å². The predicted octanol–water partition coefficient (Wildman–Crippen LogP) is 3.02. The summed E-state index contributed by atoms with van der Waals surface area (Å²) in [6.07, 6.45) is 7.17. The molecule has 4 saturated carbocycles. The molecule has 2 heteroatoms. The van der Waals surface area contributed by atoms with Crippen LogP contribution in [-0.2, 0) is 0 Å². The molecule has 0 radical (unpaired) electrons. The van der Waals surface area contributed by atoms with Crippen LogP contribution in [0.5, 0.6) is 0 Å². The number of nitrogens with one attached hydrogen (secondary N) is 1. The minimum absolute atomic E-state index is 0.396. The molecule has 4 aliphatic rings. The summed E-state index contributed by atoms with van der Waals surface area (Å²) in [6, 6.07) is 1.31. The molecule has 0 aromatic rings. The van der Waals surface area contributed by atoms with Gasteiger partial charge in [0.1, 0.15) is 0 Å². The van der Waals surface area contributed by atoms with Gasteiger partial charge in [-0.2, -0.15) is 0 Å². The second-order valence-electron chi connectivity index (χ2n) is 8.97. The molecule has 2 bridgehead atoms. The summed E-state index contributed by atoms with van der Waals surface area (Å²) < 4.78 is 0. The van der Waals surface area contributed by atoms with Crippen molar-refractivity contribution in [2.24, 2.45) is 46.7 Å². The quantitative estimate of drug-likeness (QED) is 0.831. The van der Waals surface area contributed by atoms with E-state index < -0.39 is 0 Å². The molecule has 0 saturated heterocycles. The Hall–Kier alpha value is -0.0800. The van der Waals surface area contributed by atoms with Gasteiger partial charge in [0, 0.05) is 12.1 Å². The highest BCUT2D eigenvalue weighted by molar-refractivity contribution is 5.17. The molecule has 0 aromatic heterocycles. The summed E-state index contributed by atoms with van der Waals surface area (Å²) in [5, 5.41) is 3.98. The Kier molecular flexibility index (Phi) is 3.03. The predicted molar refractivity (Wildman–Crippen MR) is 83.2 cm³/mol. The summed E-state index contributed by atoms with van der Waals surface area (Å²) >= 11 is 0. The van der Waals surface area contributed by atoms with Gasteiger partial charge in [-0.05, 0) is 79.6 Å². The van der Waals surface area contributed by atoms with E-state index in [-0.39, 0.29) is 0 Å². The first-order chi connectivity index (χ1) is 9.50. The second-order valence-corrected chi connectivity index (χ2v) is 8.97. The average molecular weight is 276 g/mol. The Morgan fingerprint density at radius 2 is 1.70 bits per heavy atom. The van der Waals surface area contributed by atoms with Crippen molar-refractivity contribution in [3.63, 3.8) is 0 Å². The van der Waals surface area contributed by atoms with Crippen LogP contribution in [0.3, 0.4) is 0 Å². The molecule has 0 spiro atoms. The van der Waals surface area contributed by atoms with E-state index in [0.29, 0.717) is 17.4 Å². The Morgan fingerprint density at radius 1 is 1.05 bits per heavy atom. The first-order valence-corrected chi connectivity index (χ1v) is 8.99. The van der Waals surface area contributed by atoms with Gasteiger partial charge in [0.15, 0.2) is 0 Å². The van der Waals surface area contributed by atoms with Crippen molar-refractivity contribution < 1.29 is 0 Å². The van der Waals surface area contributed by atoms with Gasteiger partial charge in [-0.15, -0.1) is 0 Å². The SMILES string of the molecule is CC1C(N)CCC(CNC2C3C4CCC(C4)C23)C1(C)C. The average Bonchev–Trinajstić information content (AvgIpc) is 2.80. The molecule has 4 aliphatic carbocycles. The second kappa shape index (κ2) is 4.46. The molecule has 4 fully saturated rings.